The molecule has 0 saturated carbocycles. The molecule has 164 valence electrons. The van der Waals surface area contributed by atoms with Crippen molar-refractivity contribution in [3.8, 4) is 0 Å². The van der Waals surface area contributed by atoms with Crippen molar-refractivity contribution in [2.45, 2.75) is 38.1 Å². The van der Waals surface area contributed by atoms with Gasteiger partial charge in [0.1, 0.15) is 11.5 Å². The zero-order valence-electron chi connectivity index (χ0n) is 17.3. The maximum atomic E-state index is 12.5. The summed E-state index contributed by atoms with van der Waals surface area (Å²) in [5, 5.41) is 2.62. The van der Waals surface area contributed by atoms with Gasteiger partial charge in [-0.1, -0.05) is 19.4 Å². The predicted octanol–water partition coefficient (Wildman–Crippen LogP) is 0.787. The lowest BCUT2D eigenvalue weighted by molar-refractivity contribution is -0.115. The van der Waals surface area contributed by atoms with Crippen LogP contribution < -0.4 is 27.2 Å². The van der Waals surface area contributed by atoms with Gasteiger partial charge in [-0.25, -0.2) is 13.2 Å². The third kappa shape index (κ3) is 5.50. The van der Waals surface area contributed by atoms with Crippen LogP contribution in [0.3, 0.4) is 0 Å². The molecular formula is C19H27N5O5S. The first-order chi connectivity index (χ1) is 14.1. The minimum Gasteiger partial charge on any atom is -0.383 e. The summed E-state index contributed by atoms with van der Waals surface area (Å²) in [7, 11) is -3.42. The molecule has 2 rings (SSSR count). The number of hydrogen-bond acceptors (Lipinski definition) is 7. The molecule has 0 unspecified atom stereocenters. The van der Waals surface area contributed by atoms with Crippen LogP contribution in [0, 0.1) is 0 Å². The van der Waals surface area contributed by atoms with Crippen molar-refractivity contribution < 1.29 is 13.2 Å². The van der Waals surface area contributed by atoms with E-state index in [1.54, 1.807) is 13.0 Å². The molecule has 0 saturated heterocycles. The average molecular weight is 438 g/mol. The van der Waals surface area contributed by atoms with Crippen LogP contribution in [-0.2, 0) is 21.2 Å². The molecule has 0 aliphatic carbocycles. The van der Waals surface area contributed by atoms with E-state index < -0.39 is 27.0 Å². The highest BCUT2D eigenvalue weighted by molar-refractivity contribution is 7.90. The number of aromatic nitrogens is 2. The molecule has 1 heterocycles. The number of H-pyrrole nitrogens is 1. The van der Waals surface area contributed by atoms with Gasteiger partial charge in [-0.05, 0) is 31.5 Å². The summed E-state index contributed by atoms with van der Waals surface area (Å²) in [4.78, 5) is 40.8. The van der Waals surface area contributed by atoms with Gasteiger partial charge in [0.05, 0.1) is 11.4 Å². The fourth-order valence-electron chi connectivity index (χ4n) is 2.95. The standard InChI is InChI=1S/C19H27N5O5S/c1-4-6-10-24-17(20)16(18(26)22-19(24)27)23(5-2)12-15(25)21-13-8-7-9-14(11-13)30(3,28)29/h7-9,11H,4-6,10,12,20H2,1-3H3,(H,21,25)(H,22,26,27). The third-order valence-corrected chi connectivity index (χ3v) is 5.64. The van der Waals surface area contributed by atoms with Gasteiger partial charge in [-0.3, -0.25) is 19.1 Å². The lowest BCUT2D eigenvalue weighted by atomic mass is 10.3. The minimum atomic E-state index is -3.42. The maximum absolute atomic E-state index is 12.5. The van der Waals surface area contributed by atoms with E-state index in [4.69, 9.17) is 5.73 Å². The number of amides is 1. The summed E-state index contributed by atoms with van der Waals surface area (Å²) in [5.41, 5.74) is 5.21. The number of carbonyl (C=O) groups is 1. The molecule has 1 aromatic carbocycles. The van der Waals surface area contributed by atoms with Gasteiger partial charge in [-0.2, -0.15) is 0 Å². The van der Waals surface area contributed by atoms with Crippen molar-refractivity contribution in [3.63, 3.8) is 0 Å². The first kappa shape index (κ1) is 23.2. The Morgan fingerprint density at radius 3 is 2.57 bits per heavy atom. The second-order valence-corrected chi connectivity index (χ2v) is 8.88. The SMILES string of the molecule is CCCCn1c(N)c(N(CC)CC(=O)Nc2cccc(S(C)(=O)=O)c2)c(=O)[nH]c1=O. The molecule has 0 radical (unpaired) electrons. The van der Waals surface area contributed by atoms with E-state index in [-0.39, 0.29) is 29.5 Å². The number of anilines is 3. The number of aromatic amines is 1. The van der Waals surface area contributed by atoms with Gasteiger partial charge in [0, 0.05) is 25.0 Å². The van der Waals surface area contributed by atoms with Crippen LogP contribution in [0.25, 0.3) is 0 Å². The fraction of sp³-hybridized carbons (Fsp3) is 0.421. The number of unbranched alkanes of at least 4 members (excludes halogenated alkanes) is 1. The minimum absolute atomic E-state index is 0.00548. The molecule has 0 atom stereocenters. The van der Waals surface area contributed by atoms with E-state index in [1.165, 1.54) is 27.7 Å². The van der Waals surface area contributed by atoms with Crippen molar-refractivity contribution in [3.05, 3.63) is 45.1 Å². The molecule has 1 amide bonds. The van der Waals surface area contributed by atoms with E-state index >= 15 is 0 Å². The molecule has 4 N–H and O–H groups in total. The van der Waals surface area contributed by atoms with Crippen molar-refractivity contribution >= 4 is 32.9 Å². The maximum Gasteiger partial charge on any atom is 0.330 e. The predicted molar refractivity (Wildman–Crippen MR) is 117 cm³/mol. The zero-order valence-corrected chi connectivity index (χ0v) is 18.1. The molecule has 0 aliphatic heterocycles. The first-order valence-electron chi connectivity index (χ1n) is 9.56. The molecular weight excluding hydrogens is 410 g/mol. The largest absolute Gasteiger partial charge is 0.383 e. The third-order valence-electron chi connectivity index (χ3n) is 4.53. The van der Waals surface area contributed by atoms with E-state index in [0.29, 0.717) is 18.7 Å². The average Bonchev–Trinajstić information content (AvgIpc) is 2.66. The molecule has 11 heteroatoms. The number of nitrogens with two attached hydrogens (primary N) is 1. The van der Waals surface area contributed by atoms with Crippen LogP contribution in [0.1, 0.15) is 26.7 Å². The summed E-state index contributed by atoms with van der Waals surface area (Å²) in [6.07, 6.45) is 2.63. The second kappa shape index (κ2) is 9.61. The highest BCUT2D eigenvalue weighted by Gasteiger charge is 2.20. The summed E-state index contributed by atoms with van der Waals surface area (Å²) >= 11 is 0. The molecule has 2 aromatic rings. The van der Waals surface area contributed by atoms with Crippen LogP contribution in [0.5, 0.6) is 0 Å². The van der Waals surface area contributed by atoms with Crippen LogP contribution in [0.4, 0.5) is 17.2 Å². The summed E-state index contributed by atoms with van der Waals surface area (Å²) < 4.78 is 24.7. The van der Waals surface area contributed by atoms with Crippen molar-refractivity contribution in [2.24, 2.45) is 0 Å². The molecule has 0 spiro atoms. The Kier molecular flexibility index (Phi) is 7.43. The fourth-order valence-corrected chi connectivity index (χ4v) is 3.62. The Labute approximate surface area is 174 Å². The Hall–Kier alpha value is -3.08. The van der Waals surface area contributed by atoms with Gasteiger partial charge in [0.2, 0.25) is 5.91 Å². The highest BCUT2D eigenvalue weighted by Crippen LogP contribution is 2.18. The molecule has 1 aromatic heterocycles. The second-order valence-electron chi connectivity index (χ2n) is 6.86. The lowest BCUT2D eigenvalue weighted by Crippen LogP contribution is -2.41. The van der Waals surface area contributed by atoms with Gasteiger partial charge >= 0.3 is 5.69 Å². The summed E-state index contributed by atoms with van der Waals surface area (Å²) in [5.74, 6) is -0.460. The van der Waals surface area contributed by atoms with E-state index in [0.717, 1.165) is 12.7 Å². The molecule has 0 aliphatic rings. The number of likely N-dealkylation sites (N-methyl/N-ethyl adjacent to an activating group) is 1. The highest BCUT2D eigenvalue weighted by atomic mass is 32.2. The van der Waals surface area contributed by atoms with Gasteiger partial charge in [0.15, 0.2) is 9.84 Å². The smallest absolute Gasteiger partial charge is 0.330 e. The number of sulfone groups is 1. The Morgan fingerprint density at radius 2 is 1.97 bits per heavy atom. The summed E-state index contributed by atoms with van der Waals surface area (Å²) in [6, 6.07) is 5.88. The molecule has 10 nitrogen and oxygen atoms in total. The summed E-state index contributed by atoms with van der Waals surface area (Å²) in [6.45, 7) is 4.15. The van der Waals surface area contributed by atoms with Gasteiger partial charge < -0.3 is 16.0 Å². The number of nitrogens with one attached hydrogen (secondary N) is 2. The lowest BCUT2D eigenvalue weighted by Gasteiger charge is -2.24. The normalized spacial score (nSPS) is 11.3. The topological polar surface area (TPSA) is 147 Å². The quantitative estimate of drug-likeness (QED) is 0.525. The monoisotopic (exact) mass is 437 g/mol. The Balaban J connectivity index is 2.28. The number of carbonyl (C=O) groups excluding carboxylic acids is 1. The number of nitrogen functional groups attached to an aromatic ring is 1. The van der Waals surface area contributed by atoms with Gasteiger partial charge in [0.25, 0.3) is 5.56 Å². The van der Waals surface area contributed by atoms with E-state index in [9.17, 15) is 22.8 Å². The van der Waals surface area contributed by atoms with E-state index in [1.807, 2.05) is 6.92 Å². The molecule has 0 bridgehead atoms. The number of hydrogen-bond donors (Lipinski definition) is 3. The number of benzene rings is 1. The van der Waals surface area contributed by atoms with Crippen molar-refractivity contribution in [2.75, 3.05) is 35.3 Å². The first-order valence-corrected chi connectivity index (χ1v) is 11.4. The van der Waals surface area contributed by atoms with Gasteiger partial charge in [-0.15, -0.1) is 0 Å². The number of nitrogens with zero attached hydrogens (tertiary/aromatic N) is 2. The van der Waals surface area contributed by atoms with Crippen LogP contribution in [0.2, 0.25) is 0 Å². The Morgan fingerprint density at radius 1 is 1.27 bits per heavy atom. The Bertz CT molecular complexity index is 1140. The molecule has 30 heavy (non-hydrogen) atoms. The van der Waals surface area contributed by atoms with Crippen LogP contribution in [0.15, 0.2) is 38.8 Å². The van der Waals surface area contributed by atoms with Crippen LogP contribution >= 0.6 is 0 Å². The van der Waals surface area contributed by atoms with Crippen LogP contribution in [-0.4, -0.2) is 43.2 Å². The number of rotatable bonds is 9. The zero-order chi connectivity index (χ0) is 22.5. The van der Waals surface area contributed by atoms with Crippen molar-refractivity contribution in [1.29, 1.82) is 0 Å². The van der Waals surface area contributed by atoms with E-state index in [2.05, 4.69) is 10.3 Å². The molecule has 0 fully saturated rings. The van der Waals surface area contributed by atoms with Crippen molar-refractivity contribution in [1.82, 2.24) is 9.55 Å².